The van der Waals surface area contributed by atoms with E-state index >= 15 is 0 Å². The molecule has 6 heteroatoms. The second-order valence-electron chi connectivity index (χ2n) is 8.26. The smallest absolute Gasteiger partial charge is 0.161 e. The van der Waals surface area contributed by atoms with E-state index < -0.39 is 0 Å². The second kappa shape index (κ2) is 8.10. The van der Waals surface area contributed by atoms with E-state index in [-0.39, 0.29) is 11.8 Å². The third kappa shape index (κ3) is 3.08. The predicted octanol–water partition coefficient (Wildman–Crippen LogP) is 4.92. The Balaban J connectivity index is 1.90. The van der Waals surface area contributed by atoms with Gasteiger partial charge in [-0.2, -0.15) is 0 Å². The summed E-state index contributed by atoms with van der Waals surface area (Å²) in [6.45, 7) is 0. The Kier molecular flexibility index (Phi) is 5.23. The molecular weight excluding hydrogens is 420 g/mol. The van der Waals surface area contributed by atoms with Crippen LogP contribution in [-0.2, 0) is 6.42 Å². The minimum atomic E-state index is -0.0894. The van der Waals surface area contributed by atoms with Crippen molar-refractivity contribution in [2.75, 3.05) is 42.7 Å². The fourth-order valence-corrected chi connectivity index (χ4v) is 5.47. The van der Waals surface area contributed by atoms with Crippen LogP contribution in [0, 0.1) is 0 Å². The highest BCUT2D eigenvalue weighted by Crippen LogP contribution is 2.58. The lowest BCUT2D eigenvalue weighted by molar-refractivity contribution is 0.354. The Morgan fingerprint density at radius 2 is 1.06 bits per heavy atom. The summed E-state index contributed by atoms with van der Waals surface area (Å²) in [5, 5.41) is 0. The van der Waals surface area contributed by atoms with Gasteiger partial charge in [-0.05, 0) is 52.9 Å². The summed E-state index contributed by atoms with van der Waals surface area (Å²) in [4.78, 5) is 0. The van der Waals surface area contributed by atoms with Crippen molar-refractivity contribution in [2.24, 2.45) is 0 Å². The molecule has 2 atom stereocenters. The van der Waals surface area contributed by atoms with Crippen LogP contribution in [0.5, 0.6) is 34.5 Å². The third-order valence-electron chi connectivity index (χ3n) is 6.91. The van der Waals surface area contributed by atoms with Gasteiger partial charge < -0.3 is 28.4 Å². The zero-order valence-electron chi connectivity index (χ0n) is 19.8. The molecule has 6 rings (SSSR count). The molecule has 0 saturated carbocycles. The minimum Gasteiger partial charge on any atom is -0.497 e. The quantitative estimate of drug-likeness (QED) is 0.534. The average Bonchev–Trinajstić information content (AvgIpc) is 3.09. The Labute approximate surface area is 193 Å². The highest BCUT2D eigenvalue weighted by Gasteiger charge is 2.43. The second-order valence-corrected chi connectivity index (χ2v) is 8.26. The number of hydrogen-bond acceptors (Lipinski definition) is 6. The van der Waals surface area contributed by atoms with Gasteiger partial charge >= 0.3 is 0 Å². The van der Waals surface area contributed by atoms with Crippen LogP contribution in [0.1, 0.15) is 45.2 Å². The molecule has 0 amide bonds. The molecule has 0 aliphatic heterocycles. The molecule has 0 saturated heterocycles. The third-order valence-corrected chi connectivity index (χ3v) is 6.91. The maximum Gasteiger partial charge on any atom is 0.161 e. The van der Waals surface area contributed by atoms with E-state index in [9.17, 15) is 0 Å². The zero-order chi connectivity index (χ0) is 23.3. The topological polar surface area (TPSA) is 55.4 Å². The average molecular weight is 449 g/mol. The van der Waals surface area contributed by atoms with Crippen LogP contribution in [0.25, 0.3) is 0 Å². The van der Waals surface area contributed by atoms with E-state index in [1.807, 2.05) is 12.1 Å². The van der Waals surface area contributed by atoms with Crippen molar-refractivity contribution in [3.8, 4) is 34.5 Å². The van der Waals surface area contributed by atoms with Gasteiger partial charge in [0, 0.05) is 35.1 Å². The van der Waals surface area contributed by atoms with Crippen LogP contribution in [0.4, 0.5) is 0 Å². The summed E-state index contributed by atoms with van der Waals surface area (Å²) in [7, 11) is 10.1. The maximum atomic E-state index is 5.91. The highest BCUT2D eigenvalue weighted by atomic mass is 16.5. The van der Waals surface area contributed by atoms with Crippen LogP contribution in [0.2, 0.25) is 0 Å². The Morgan fingerprint density at radius 1 is 0.515 bits per heavy atom. The first-order valence-electron chi connectivity index (χ1n) is 10.8. The van der Waals surface area contributed by atoms with Gasteiger partial charge in [0.05, 0.1) is 42.7 Å². The molecule has 2 bridgehead atoms. The monoisotopic (exact) mass is 448 g/mol. The molecule has 0 aromatic heterocycles. The Hall–Kier alpha value is -3.54. The first-order chi connectivity index (χ1) is 16.1. The predicted molar refractivity (Wildman–Crippen MR) is 125 cm³/mol. The summed E-state index contributed by atoms with van der Waals surface area (Å²) < 4.78 is 34.4. The van der Waals surface area contributed by atoms with E-state index in [1.54, 1.807) is 42.7 Å². The van der Waals surface area contributed by atoms with Gasteiger partial charge in [-0.15, -0.1) is 0 Å². The van der Waals surface area contributed by atoms with Crippen LogP contribution in [-0.4, -0.2) is 42.7 Å². The van der Waals surface area contributed by atoms with Crippen molar-refractivity contribution in [3.63, 3.8) is 0 Å². The number of hydrogen-bond donors (Lipinski definition) is 0. The molecule has 0 fully saturated rings. The Bertz CT molecular complexity index is 1230. The van der Waals surface area contributed by atoms with Gasteiger partial charge in [-0.25, -0.2) is 0 Å². The molecule has 0 N–H and O–H groups in total. The maximum absolute atomic E-state index is 5.91. The fraction of sp³-hybridized carbons (Fsp3) is 0.333. The summed E-state index contributed by atoms with van der Waals surface area (Å²) >= 11 is 0. The van der Waals surface area contributed by atoms with E-state index in [4.69, 9.17) is 28.4 Å². The largest absolute Gasteiger partial charge is 0.497 e. The van der Waals surface area contributed by atoms with Crippen molar-refractivity contribution < 1.29 is 28.4 Å². The van der Waals surface area contributed by atoms with Crippen molar-refractivity contribution in [3.05, 3.63) is 69.8 Å². The van der Waals surface area contributed by atoms with E-state index in [2.05, 4.69) is 24.3 Å². The molecule has 172 valence electrons. The minimum absolute atomic E-state index is 0.0513. The molecule has 3 aromatic carbocycles. The van der Waals surface area contributed by atoms with Gasteiger partial charge in [-0.1, -0.05) is 0 Å². The van der Waals surface area contributed by atoms with Crippen LogP contribution >= 0.6 is 0 Å². The molecule has 3 aromatic rings. The highest BCUT2D eigenvalue weighted by molar-refractivity contribution is 5.71. The molecule has 3 aliphatic rings. The van der Waals surface area contributed by atoms with Crippen LogP contribution in [0.15, 0.2) is 36.4 Å². The first kappa shape index (κ1) is 21.3. The molecule has 3 aliphatic carbocycles. The standard InChI is InChI=1S/C27H28O6/c1-28-15-9-19-18-7-14-8-21(30-3)22(31-4)13-17(14)26(27(19)24(12-15)33-6)20-10-16(29-2)11-23(32-5)25(18)20/h8-13,18,26H,7H2,1-6H3. The molecule has 6 nitrogen and oxygen atoms in total. The van der Waals surface area contributed by atoms with Gasteiger partial charge in [0.25, 0.3) is 0 Å². The molecule has 33 heavy (non-hydrogen) atoms. The molecule has 0 heterocycles. The van der Waals surface area contributed by atoms with Crippen molar-refractivity contribution in [2.45, 2.75) is 18.3 Å². The van der Waals surface area contributed by atoms with Crippen LogP contribution < -0.4 is 28.4 Å². The van der Waals surface area contributed by atoms with Gasteiger partial charge in [0.15, 0.2) is 11.5 Å². The Morgan fingerprint density at radius 3 is 1.64 bits per heavy atom. The molecule has 0 spiro atoms. The number of rotatable bonds is 6. The lowest BCUT2D eigenvalue weighted by Crippen LogP contribution is -2.19. The van der Waals surface area contributed by atoms with Crippen molar-refractivity contribution in [1.29, 1.82) is 0 Å². The summed E-state index contributed by atoms with van der Waals surface area (Å²) in [6, 6.07) is 12.4. The van der Waals surface area contributed by atoms with Gasteiger partial charge in [-0.3, -0.25) is 0 Å². The van der Waals surface area contributed by atoms with Gasteiger partial charge in [0.1, 0.15) is 23.0 Å². The zero-order valence-corrected chi connectivity index (χ0v) is 19.8. The van der Waals surface area contributed by atoms with Crippen molar-refractivity contribution >= 4 is 0 Å². The molecular formula is C27H28O6. The first-order valence-corrected chi connectivity index (χ1v) is 10.8. The van der Waals surface area contributed by atoms with Crippen LogP contribution in [0.3, 0.4) is 0 Å². The summed E-state index contributed by atoms with van der Waals surface area (Å²) in [6.07, 6.45) is 0.783. The van der Waals surface area contributed by atoms with Gasteiger partial charge in [0.2, 0.25) is 0 Å². The molecule has 2 unspecified atom stereocenters. The van der Waals surface area contributed by atoms with E-state index in [1.165, 1.54) is 16.7 Å². The summed E-state index contributed by atoms with van der Waals surface area (Å²) in [5.74, 6) is 4.53. The SMILES string of the molecule is COc1cc(OC)c2c(c1)C1Cc3cc(OC)c(OC)cc3C2c2cc(OC)cc(OC)c21. The number of benzene rings is 3. The number of ether oxygens (including phenoxy) is 6. The van der Waals surface area contributed by atoms with E-state index in [0.717, 1.165) is 51.9 Å². The number of methoxy groups -OCH3 is 6. The normalized spacial score (nSPS) is 17.3. The fourth-order valence-electron chi connectivity index (χ4n) is 5.47. The van der Waals surface area contributed by atoms with Crippen molar-refractivity contribution in [1.82, 2.24) is 0 Å². The summed E-state index contributed by atoms with van der Waals surface area (Å²) in [5.41, 5.74) is 7.00. The lowest BCUT2D eigenvalue weighted by atomic mass is 9.71. The lowest BCUT2D eigenvalue weighted by Gasteiger charge is -2.34. The molecule has 0 radical (unpaired) electrons. The van der Waals surface area contributed by atoms with E-state index in [0.29, 0.717) is 5.75 Å².